The molecule has 3 aromatic carbocycles. The predicted octanol–water partition coefficient (Wildman–Crippen LogP) is 7.51. The van der Waals surface area contributed by atoms with E-state index in [0.717, 1.165) is 11.1 Å². The van der Waals surface area contributed by atoms with E-state index in [0.29, 0.717) is 44.2 Å². The van der Waals surface area contributed by atoms with Gasteiger partial charge in [-0.25, -0.2) is 0 Å². The number of allylic oxidation sites excluding steroid dienone is 1. The van der Waals surface area contributed by atoms with E-state index in [1.165, 1.54) is 13.2 Å². The fourth-order valence-electron chi connectivity index (χ4n) is 3.26. The van der Waals surface area contributed by atoms with Gasteiger partial charge in [-0.2, -0.15) is 5.26 Å². The van der Waals surface area contributed by atoms with Crippen LogP contribution in [0.3, 0.4) is 0 Å². The van der Waals surface area contributed by atoms with Crippen LogP contribution in [0.2, 0.25) is 15.1 Å². The molecule has 0 aliphatic rings. The van der Waals surface area contributed by atoms with E-state index in [1.807, 2.05) is 12.1 Å². The topological polar surface area (TPSA) is 71.4 Å². The molecule has 8 heteroatoms. The van der Waals surface area contributed by atoms with Gasteiger partial charge in [0.15, 0.2) is 11.5 Å². The van der Waals surface area contributed by atoms with Gasteiger partial charge in [0.1, 0.15) is 18.2 Å². The van der Waals surface area contributed by atoms with E-state index in [2.05, 4.69) is 11.9 Å². The summed E-state index contributed by atoms with van der Waals surface area (Å²) in [5, 5.41) is 13.8. The number of carbonyl (C=O) groups excluding carboxylic acids is 1. The molecule has 0 bridgehead atoms. The summed E-state index contributed by atoms with van der Waals surface area (Å²) in [4.78, 5) is 12.7. The van der Waals surface area contributed by atoms with Gasteiger partial charge in [-0.15, -0.1) is 6.58 Å². The molecular weight excluding hydrogens is 507 g/mol. The van der Waals surface area contributed by atoms with Crippen LogP contribution >= 0.6 is 34.8 Å². The molecule has 0 unspecified atom stereocenters. The van der Waals surface area contributed by atoms with Crippen LogP contribution in [0.1, 0.15) is 16.7 Å². The first kappa shape index (κ1) is 26.2. The van der Waals surface area contributed by atoms with Crippen molar-refractivity contribution in [2.24, 2.45) is 0 Å². The molecule has 0 atom stereocenters. The number of halogens is 3. The zero-order valence-corrected chi connectivity index (χ0v) is 21.0. The van der Waals surface area contributed by atoms with Crippen LogP contribution in [0.25, 0.3) is 6.08 Å². The summed E-state index contributed by atoms with van der Waals surface area (Å²) in [6.07, 6.45) is 3.68. The number of benzene rings is 3. The van der Waals surface area contributed by atoms with Gasteiger partial charge in [-0.05, 0) is 60.5 Å². The Labute approximate surface area is 219 Å². The molecule has 35 heavy (non-hydrogen) atoms. The van der Waals surface area contributed by atoms with E-state index in [-0.39, 0.29) is 12.2 Å². The maximum Gasteiger partial charge on any atom is 0.266 e. The summed E-state index contributed by atoms with van der Waals surface area (Å²) in [6.45, 7) is 4.00. The Balaban J connectivity index is 1.91. The third-order valence-electron chi connectivity index (χ3n) is 4.88. The third kappa shape index (κ3) is 7.03. The highest BCUT2D eigenvalue weighted by Gasteiger charge is 2.16. The third-order valence-corrected chi connectivity index (χ3v) is 5.71. The molecule has 1 amide bonds. The van der Waals surface area contributed by atoms with Crippen LogP contribution < -0.4 is 14.8 Å². The number of rotatable bonds is 9. The molecule has 3 rings (SSSR count). The Morgan fingerprint density at radius 3 is 2.51 bits per heavy atom. The van der Waals surface area contributed by atoms with Crippen molar-refractivity contribution in [1.29, 1.82) is 5.26 Å². The number of hydrogen-bond donors (Lipinski definition) is 1. The van der Waals surface area contributed by atoms with Gasteiger partial charge in [0.2, 0.25) is 0 Å². The van der Waals surface area contributed by atoms with Crippen molar-refractivity contribution in [1.82, 2.24) is 0 Å². The molecule has 178 valence electrons. The fraction of sp³-hybridized carbons (Fsp3) is 0.111. The Hall–Kier alpha value is -3.43. The van der Waals surface area contributed by atoms with E-state index >= 15 is 0 Å². The minimum Gasteiger partial charge on any atom is -0.493 e. The van der Waals surface area contributed by atoms with Crippen LogP contribution in [0.4, 0.5) is 5.69 Å². The average molecular weight is 528 g/mol. The molecule has 5 nitrogen and oxygen atoms in total. The molecular formula is C27H21Cl3N2O3. The molecule has 1 N–H and O–H groups in total. The molecule has 0 aliphatic carbocycles. The van der Waals surface area contributed by atoms with Crippen molar-refractivity contribution in [3.05, 3.63) is 105 Å². The maximum absolute atomic E-state index is 12.7. The van der Waals surface area contributed by atoms with Crippen molar-refractivity contribution in [2.45, 2.75) is 13.0 Å². The molecule has 0 saturated heterocycles. The number of hydrogen-bond acceptors (Lipinski definition) is 4. The highest BCUT2D eigenvalue weighted by molar-refractivity contribution is 6.35. The normalized spacial score (nSPS) is 10.9. The second-order valence-corrected chi connectivity index (χ2v) is 8.64. The van der Waals surface area contributed by atoms with Crippen LogP contribution in [0.5, 0.6) is 11.5 Å². The first-order valence-electron chi connectivity index (χ1n) is 10.4. The van der Waals surface area contributed by atoms with Gasteiger partial charge >= 0.3 is 0 Å². The number of anilines is 1. The van der Waals surface area contributed by atoms with Crippen molar-refractivity contribution in [2.75, 3.05) is 12.4 Å². The minimum absolute atomic E-state index is 0.0850. The molecule has 0 aliphatic heterocycles. The largest absolute Gasteiger partial charge is 0.493 e. The van der Waals surface area contributed by atoms with E-state index < -0.39 is 5.91 Å². The summed E-state index contributed by atoms with van der Waals surface area (Å²) in [5.41, 5.74) is 2.52. The lowest BCUT2D eigenvalue weighted by Crippen LogP contribution is -2.13. The molecule has 0 radical (unpaired) electrons. The molecule has 0 heterocycles. The van der Waals surface area contributed by atoms with Gasteiger partial charge in [0, 0.05) is 31.9 Å². The molecule has 0 fully saturated rings. The van der Waals surface area contributed by atoms with E-state index in [9.17, 15) is 10.1 Å². The number of nitrogens with one attached hydrogen (secondary N) is 1. The van der Waals surface area contributed by atoms with Crippen LogP contribution in [0, 0.1) is 11.3 Å². The standard InChI is InChI=1S/C27H21Cl3N2O3/c1-3-5-18-10-17(11-20(15-31)27(33)32-23-7-4-6-21(28)13-23)12-25(34-2)26(18)35-16-19-8-9-22(29)14-24(19)30/h3-4,6-14H,1,5,16H2,2H3,(H,32,33)/b20-11+. The lowest BCUT2D eigenvalue weighted by atomic mass is 10.0. The van der Waals surface area contributed by atoms with Gasteiger partial charge in [-0.3, -0.25) is 4.79 Å². The number of ether oxygens (including phenoxy) is 2. The molecule has 0 spiro atoms. The lowest BCUT2D eigenvalue weighted by Gasteiger charge is -2.16. The van der Waals surface area contributed by atoms with Gasteiger partial charge in [0.25, 0.3) is 5.91 Å². The number of amides is 1. The predicted molar refractivity (Wildman–Crippen MR) is 141 cm³/mol. The number of methoxy groups -OCH3 is 1. The highest BCUT2D eigenvalue weighted by Crippen LogP contribution is 2.35. The summed E-state index contributed by atoms with van der Waals surface area (Å²) >= 11 is 18.2. The summed E-state index contributed by atoms with van der Waals surface area (Å²) in [5.74, 6) is 0.391. The second kappa shape index (κ2) is 12.3. The van der Waals surface area contributed by atoms with Crippen molar-refractivity contribution < 1.29 is 14.3 Å². The summed E-state index contributed by atoms with van der Waals surface area (Å²) in [6, 6.07) is 17.3. The van der Waals surface area contributed by atoms with Crippen molar-refractivity contribution in [3.63, 3.8) is 0 Å². The number of nitriles is 1. The zero-order chi connectivity index (χ0) is 25.4. The Morgan fingerprint density at radius 1 is 1.09 bits per heavy atom. The number of carbonyl (C=O) groups is 1. The first-order valence-corrected chi connectivity index (χ1v) is 11.5. The molecule has 0 aromatic heterocycles. The monoisotopic (exact) mass is 526 g/mol. The van der Waals surface area contributed by atoms with Crippen LogP contribution in [-0.4, -0.2) is 13.0 Å². The van der Waals surface area contributed by atoms with Gasteiger partial charge in [-0.1, -0.05) is 53.0 Å². The average Bonchev–Trinajstić information content (AvgIpc) is 2.82. The van der Waals surface area contributed by atoms with Crippen LogP contribution in [-0.2, 0) is 17.8 Å². The minimum atomic E-state index is -0.559. The second-order valence-electron chi connectivity index (χ2n) is 7.36. The maximum atomic E-state index is 12.7. The van der Waals surface area contributed by atoms with Gasteiger partial charge in [0.05, 0.1) is 7.11 Å². The van der Waals surface area contributed by atoms with Crippen molar-refractivity contribution in [3.8, 4) is 17.6 Å². The summed E-state index contributed by atoms with van der Waals surface area (Å²) < 4.78 is 11.6. The SMILES string of the molecule is C=CCc1cc(/C=C(\C#N)C(=O)Nc2cccc(Cl)c2)cc(OC)c1OCc1ccc(Cl)cc1Cl. The Bertz CT molecular complexity index is 1330. The molecule has 3 aromatic rings. The quantitative estimate of drug-likeness (QED) is 0.178. The lowest BCUT2D eigenvalue weighted by molar-refractivity contribution is -0.112. The molecule has 0 saturated carbocycles. The highest BCUT2D eigenvalue weighted by atomic mass is 35.5. The fourth-order valence-corrected chi connectivity index (χ4v) is 3.91. The van der Waals surface area contributed by atoms with E-state index in [1.54, 1.807) is 54.6 Å². The van der Waals surface area contributed by atoms with E-state index in [4.69, 9.17) is 44.3 Å². The van der Waals surface area contributed by atoms with Gasteiger partial charge < -0.3 is 14.8 Å². The van der Waals surface area contributed by atoms with Crippen LogP contribution in [0.15, 0.2) is 72.8 Å². The zero-order valence-electron chi connectivity index (χ0n) is 18.8. The Kier molecular flexibility index (Phi) is 9.22. The first-order chi connectivity index (χ1) is 16.8. The number of nitrogens with zero attached hydrogens (tertiary/aromatic N) is 1. The smallest absolute Gasteiger partial charge is 0.266 e. The Morgan fingerprint density at radius 2 is 1.86 bits per heavy atom. The van der Waals surface area contributed by atoms with Crippen molar-refractivity contribution >= 4 is 52.5 Å². The summed E-state index contributed by atoms with van der Waals surface area (Å²) in [7, 11) is 1.51.